The highest BCUT2D eigenvalue weighted by atomic mass is 16.5. The first kappa shape index (κ1) is 18.1. The number of carbonyl (C=O) groups excluding carboxylic acids is 1. The van der Waals surface area contributed by atoms with E-state index in [0.29, 0.717) is 31.2 Å². The van der Waals surface area contributed by atoms with Crippen LogP contribution in [0.15, 0.2) is 36.7 Å². The van der Waals surface area contributed by atoms with Crippen LogP contribution in [0.5, 0.6) is 0 Å². The van der Waals surface area contributed by atoms with Gasteiger partial charge in [0.25, 0.3) is 0 Å². The summed E-state index contributed by atoms with van der Waals surface area (Å²) in [5.74, 6) is 0.366. The van der Waals surface area contributed by atoms with Gasteiger partial charge in [-0.2, -0.15) is 0 Å². The van der Waals surface area contributed by atoms with E-state index in [1.807, 2.05) is 32.0 Å². The topological polar surface area (TPSA) is 38.8 Å². The fraction of sp³-hybridized carbons (Fsp3) is 0.500. The van der Waals surface area contributed by atoms with Crippen molar-refractivity contribution in [1.82, 2.24) is 4.90 Å². The summed E-state index contributed by atoms with van der Waals surface area (Å²) in [6, 6.07) is 7.53. The molecule has 0 fully saturated rings. The van der Waals surface area contributed by atoms with Crippen molar-refractivity contribution < 1.29 is 14.3 Å². The first-order valence-corrected chi connectivity index (χ1v) is 7.95. The lowest BCUT2D eigenvalue weighted by atomic mass is 10.1. The third-order valence-electron chi connectivity index (χ3n) is 3.32. The quantitative estimate of drug-likeness (QED) is 0.484. The van der Waals surface area contributed by atoms with Gasteiger partial charge >= 0.3 is 5.97 Å². The molecule has 4 heteroatoms. The molecule has 0 radical (unpaired) electrons. The molecule has 0 saturated heterocycles. The smallest absolute Gasteiger partial charge is 0.338 e. The molecule has 0 bridgehead atoms. The number of carbonyl (C=O) groups is 1. The van der Waals surface area contributed by atoms with E-state index in [9.17, 15) is 4.79 Å². The fourth-order valence-corrected chi connectivity index (χ4v) is 2.17. The van der Waals surface area contributed by atoms with Crippen molar-refractivity contribution >= 4 is 5.97 Å². The lowest BCUT2D eigenvalue weighted by Crippen LogP contribution is -2.26. The summed E-state index contributed by atoms with van der Waals surface area (Å²) in [6.07, 6.45) is 2.14. The van der Waals surface area contributed by atoms with Crippen LogP contribution in [0.4, 0.5) is 0 Å². The van der Waals surface area contributed by atoms with Gasteiger partial charge in [-0.3, -0.25) is 0 Å². The van der Waals surface area contributed by atoms with Crippen molar-refractivity contribution in [2.45, 2.75) is 40.2 Å². The van der Waals surface area contributed by atoms with Crippen LogP contribution >= 0.6 is 0 Å². The number of unbranched alkanes of at least 4 members (excludes halogenated alkanes) is 1. The predicted octanol–water partition coefficient (Wildman–Crippen LogP) is 3.97. The standard InChI is InChI=1S/C18H27NO3/c1-5-8-13-19(15(4)21-6-2)14-16-11-9-10-12-17(16)18(20)22-7-3/h9-12H,4-8,13-14H2,1-3H3. The van der Waals surface area contributed by atoms with E-state index in [4.69, 9.17) is 9.47 Å². The molecule has 0 unspecified atom stereocenters. The zero-order valence-corrected chi connectivity index (χ0v) is 13.9. The molecule has 0 amide bonds. The maximum absolute atomic E-state index is 12.1. The molecule has 1 rings (SSSR count). The molecule has 0 aliphatic carbocycles. The minimum absolute atomic E-state index is 0.282. The van der Waals surface area contributed by atoms with Crippen molar-refractivity contribution in [2.24, 2.45) is 0 Å². The summed E-state index contributed by atoms with van der Waals surface area (Å²) in [6.45, 7) is 12.3. The summed E-state index contributed by atoms with van der Waals surface area (Å²) in [5, 5.41) is 0. The van der Waals surface area contributed by atoms with Gasteiger partial charge in [0.05, 0.1) is 18.8 Å². The van der Waals surface area contributed by atoms with Gasteiger partial charge in [-0.05, 0) is 38.5 Å². The molecular formula is C18H27NO3. The van der Waals surface area contributed by atoms with Crippen LogP contribution in [0, 0.1) is 0 Å². The lowest BCUT2D eigenvalue weighted by molar-refractivity contribution is 0.0522. The van der Waals surface area contributed by atoms with E-state index < -0.39 is 0 Å². The number of benzene rings is 1. The van der Waals surface area contributed by atoms with Crippen LogP contribution < -0.4 is 0 Å². The van der Waals surface area contributed by atoms with Crippen molar-refractivity contribution in [3.8, 4) is 0 Å². The molecule has 0 spiro atoms. The number of esters is 1. The zero-order valence-electron chi connectivity index (χ0n) is 13.9. The second-order valence-corrected chi connectivity index (χ2v) is 4.98. The minimum Gasteiger partial charge on any atom is -0.480 e. The number of rotatable bonds is 10. The number of hydrogen-bond donors (Lipinski definition) is 0. The zero-order chi connectivity index (χ0) is 16.4. The second-order valence-electron chi connectivity index (χ2n) is 4.98. The molecule has 0 heterocycles. The lowest BCUT2D eigenvalue weighted by Gasteiger charge is -2.26. The molecule has 0 saturated carbocycles. The van der Waals surface area contributed by atoms with E-state index in [1.165, 1.54) is 0 Å². The largest absolute Gasteiger partial charge is 0.480 e. The normalized spacial score (nSPS) is 10.1. The SMILES string of the molecule is C=C(OCC)N(CCCC)Cc1ccccc1C(=O)OCC. The molecule has 1 aromatic carbocycles. The number of hydrogen-bond acceptors (Lipinski definition) is 4. The maximum Gasteiger partial charge on any atom is 0.338 e. The van der Waals surface area contributed by atoms with Crippen molar-refractivity contribution in [2.75, 3.05) is 19.8 Å². The van der Waals surface area contributed by atoms with Crippen molar-refractivity contribution in [3.05, 3.63) is 47.9 Å². The third-order valence-corrected chi connectivity index (χ3v) is 3.32. The second kappa shape index (κ2) is 9.87. The van der Waals surface area contributed by atoms with E-state index >= 15 is 0 Å². The van der Waals surface area contributed by atoms with Crippen molar-refractivity contribution in [1.29, 1.82) is 0 Å². The number of nitrogens with zero attached hydrogens (tertiary/aromatic N) is 1. The first-order valence-electron chi connectivity index (χ1n) is 7.95. The van der Waals surface area contributed by atoms with E-state index in [2.05, 4.69) is 18.4 Å². The highest BCUT2D eigenvalue weighted by Crippen LogP contribution is 2.17. The van der Waals surface area contributed by atoms with Crippen LogP contribution in [0.3, 0.4) is 0 Å². The van der Waals surface area contributed by atoms with Gasteiger partial charge in [0.15, 0.2) is 5.88 Å². The van der Waals surface area contributed by atoms with Crippen LogP contribution in [0.2, 0.25) is 0 Å². The van der Waals surface area contributed by atoms with Crippen LogP contribution in [-0.4, -0.2) is 30.6 Å². The summed E-state index contributed by atoms with van der Waals surface area (Å²) in [7, 11) is 0. The Morgan fingerprint density at radius 1 is 1.14 bits per heavy atom. The Bertz CT molecular complexity index is 485. The summed E-state index contributed by atoms with van der Waals surface area (Å²) < 4.78 is 10.7. The van der Waals surface area contributed by atoms with Gasteiger partial charge in [0.1, 0.15) is 0 Å². The van der Waals surface area contributed by atoms with Crippen LogP contribution in [-0.2, 0) is 16.0 Å². The van der Waals surface area contributed by atoms with E-state index in [0.717, 1.165) is 24.9 Å². The molecule has 0 aromatic heterocycles. The van der Waals surface area contributed by atoms with Gasteiger partial charge < -0.3 is 14.4 Å². The maximum atomic E-state index is 12.1. The average Bonchev–Trinajstić information content (AvgIpc) is 2.52. The average molecular weight is 305 g/mol. The Hall–Kier alpha value is -1.97. The molecular weight excluding hydrogens is 278 g/mol. The molecule has 0 atom stereocenters. The number of ether oxygens (including phenoxy) is 2. The fourth-order valence-electron chi connectivity index (χ4n) is 2.17. The Morgan fingerprint density at radius 2 is 1.82 bits per heavy atom. The highest BCUT2D eigenvalue weighted by Gasteiger charge is 2.16. The molecule has 0 aliphatic rings. The van der Waals surface area contributed by atoms with E-state index in [-0.39, 0.29) is 5.97 Å². The molecule has 1 aromatic rings. The van der Waals surface area contributed by atoms with Crippen LogP contribution in [0.1, 0.15) is 49.5 Å². The van der Waals surface area contributed by atoms with Gasteiger partial charge in [0, 0.05) is 13.1 Å². The highest BCUT2D eigenvalue weighted by molar-refractivity contribution is 5.91. The summed E-state index contributed by atoms with van der Waals surface area (Å²) in [4.78, 5) is 14.1. The van der Waals surface area contributed by atoms with Gasteiger partial charge in [-0.1, -0.05) is 31.5 Å². The van der Waals surface area contributed by atoms with Crippen LogP contribution in [0.25, 0.3) is 0 Å². The Morgan fingerprint density at radius 3 is 2.45 bits per heavy atom. The van der Waals surface area contributed by atoms with Crippen molar-refractivity contribution in [3.63, 3.8) is 0 Å². The van der Waals surface area contributed by atoms with Gasteiger partial charge in [-0.25, -0.2) is 4.79 Å². The van der Waals surface area contributed by atoms with Gasteiger partial charge in [0.2, 0.25) is 0 Å². The Balaban J connectivity index is 2.92. The Labute approximate surface area is 133 Å². The predicted molar refractivity (Wildman–Crippen MR) is 88.5 cm³/mol. The molecule has 0 aliphatic heterocycles. The summed E-state index contributed by atoms with van der Waals surface area (Å²) >= 11 is 0. The molecule has 22 heavy (non-hydrogen) atoms. The third kappa shape index (κ3) is 5.43. The monoisotopic (exact) mass is 305 g/mol. The Kier molecular flexibility index (Phi) is 8.11. The van der Waals surface area contributed by atoms with E-state index in [1.54, 1.807) is 6.07 Å². The first-order chi connectivity index (χ1) is 10.6. The minimum atomic E-state index is -0.282. The molecule has 4 nitrogen and oxygen atoms in total. The molecule has 122 valence electrons. The summed E-state index contributed by atoms with van der Waals surface area (Å²) in [5.41, 5.74) is 1.54. The van der Waals surface area contributed by atoms with Gasteiger partial charge in [-0.15, -0.1) is 0 Å². The molecule has 0 N–H and O–H groups in total.